The summed E-state index contributed by atoms with van der Waals surface area (Å²) in [6.45, 7) is 1.85. The summed E-state index contributed by atoms with van der Waals surface area (Å²) >= 11 is 0. The van der Waals surface area contributed by atoms with E-state index in [1.807, 2.05) is 0 Å². The van der Waals surface area contributed by atoms with Crippen LogP contribution >= 0.6 is 0 Å². The minimum Gasteiger partial charge on any atom is -0.494 e. The number of methoxy groups -OCH3 is 1. The van der Waals surface area contributed by atoms with E-state index in [4.69, 9.17) is 0 Å². The van der Waals surface area contributed by atoms with Crippen molar-refractivity contribution >= 4 is 5.97 Å². The lowest BCUT2D eigenvalue weighted by molar-refractivity contribution is -0.142. The lowest BCUT2D eigenvalue weighted by Gasteiger charge is -2.11. The monoisotopic (exact) mass is 263 g/mol. The number of nitrogens with zero attached hydrogens (tertiary/aromatic N) is 1. The van der Waals surface area contributed by atoms with Crippen molar-refractivity contribution in [3.05, 3.63) is 23.5 Å². The van der Waals surface area contributed by atoms with E-state index < -0.39 is 23.6 Å². The maximum atomic E-state index is 12.5. The average Bonchev–Trinajstić information content (AvgIpc) is 2.27. The number of rotatable bonds is 4. The largest absolute Gasteiger partial charge is 0.494 e. The van der Waals surface area contributed by atoms with Crippen LogP contribution in [0.1, 0.15) is 18.2 Å². The molecule has 0 radical (unpaired) electrons. The highest BCUT2D eigenvalue weighted by atomic mass is 19.4. The zero-order valence-electron chi connectivity index (χ0n) is 9.87. The van der Waals surface area contributed by atoms with Crippen LogP contribution in [0, 0.1) is 0 Å². The first-order valence-electron chi connectivity index (χ1n) is 5.14. The Morgan fingerprint density at radius 1 is 1.44 bits per heavy atom. The molecule has 1 aromatic heterocycles. The fraction of sp³-hybridized carbons (Fsp3) is 0.455. The van der Waals surface area contributed by atoms with Gasteiger partial charge in [-0.2, -0.15) is 13.2 Å². The number of carbonyl (C=O) groups excluding carboxylic acids is 1. The van der Waals surface area contributed by atoms with Crippen LogP contribution in [0.15, 0.2) is 12.3 Å². The van der Waals surface area contributed by atoms with Crippen molar-refractivity contribution in [3.63, 3.8) is 0 Å². The van der Waals surface area contributed by atoms with Gasteiger partial charge in [0.15, 0.2) is 5.69 Å². The molecule has 1 aromatic rings. The van der Waals surface area contributed by atoms with Gasteiger partial charge in [-0.25, -0.2) is 4.98 Å². The molecule has 4 nitrogen and oxygen atoms in total. The summed E-state index contributed by atoms with van der Waals surface area (Å²) in [7, 11) is 1.11. The van der Waals surface area contributed by atoms with Crippen LogP contribution in [-0.2, 0) is 22.1 Å². The number of hydrogen-bond donors (Lipinski definition) is 0. The number of pyridine rings is 1. The second kappa shape index (κ2) is 5.70. The van der Waals surface area contributed by atoms with Gasteiger partial charge in [0.25, 0.3) is 0 Å². The number of alkyl halides is 3. The van der Waals surface area contributed by atoms with Gasteiger partial charge in [0.1, 0.15) is 5.75 Å². The SMILES string of the molecule is CCOC(=O)Cc1cnc(C(F)(F)F)c(OC)c1. The molecule has 1 rings (SSSR count). The molecule has 0 saturated carbocycles. The molecule has 0 N–H and O–H groups in total. The third kappa shape index (κ3) is 3.61. The first-order valence-corrected chi connectivity index (χ1v) is 5.14. The molecule has 0 saturated heterocycles. The Bertz CT molecular complexity index is 432. The van der Waals surface area contributed by atoms with E-state index in [1.54, 1.807) is 6.92 Å². The van der Waals surface area contributed by atoms with E-state index in [-0.39, 0.29) is 13.0 Å². The lowest BCUT2D eigenvalue weighted by Crippen LogP contribution is -2.12. The van der Waals surface area contributed by atoms with Crippen LogP contribution in [0.25, 0.3) is 0 Å². The van der Waals surface area contributed by atoms with Crippen molar-refractivity contribution in [2.24, 2.45) is 0 Å². The average molecular weight is 263 g/mol. The predicted molar refractivity (Wildman–Crippen MR) is 56.1 cm³/mol. The van der Waals surface area contributed by atoms with E-state index in [1.165, 1.54) is 0 Å². The highest BCUT2D eigenvalue weighted by molar-refractivity contribution is 5.72. The first-order chi connectivity index (χ1) is 8.38. The summed E-state index contributed by atoms with van der Waals surface area (Å²) < 4.78 is 46.9. The van der Waals surface area contributed by atoms with Crippen molar-refractivity contribution in [1.29, 1.82) is 0 Å². The van der Waals surface area contributed by atoms with E-state index in [0.29, 0.717) is 5.56 Å². The van der Waals surface area contributed by atoms with Crippen LogP contribution in [0.4, 0.5) is 13.2 Å². The Kier molecular flexibility index (Phi) is 4.52. The van der Waals surface area contributed by atoms with Gasteiger partial charge in [-0.05, 0) is 18.6 Å². The summed E-state index contributed by atoms with van der Waals surface area (Å²) in [6.07, 6.45) is -3.74. The highest BCUT2D eigenvalue weighted by Crippen LogP contribution is 2.34. The zero-order chi connectivity index (χ0) is 13.8. The third-order valence-corrected chi connectivity index (χ3v) is 2.05. The Labute approximate surface area is 102 Å². The normalized spacial score (nSPS) is 11.2. The fourth-order valence-corrected chi connectivity index (χ4v) is 1.33. The highest BCUT2D eigenvalue weighted by Gasteiger charge is 2.36. The lowest BCUT2D eigenvalue weighted by atomic mass is 10.2. The Hall–Kier alpha value is -1.79. The molecule has 18 heavy (non-hydrogen) atoms. The van der Waals surface area contributed by atoms with Crippen LogP contribution < -0.4 is 4.74 Å². The van der Waals surface area contributed by atoms with Crippen LogP contribution in [-0.4, -0.2) is 24.7 Å². The number of halogens is 3. The summed E-state index contributed by atoms with van der Waals surface area (Å²) in [5.74, 6) is -0.939. The van der Waals surface area contributed by atoms with Gasteiger partial charge in [-0.1, -0.05) is 0 Å². The van der Waals surface area contributed by atoms with E-state index in [2.05, 4.69) is 14.5 Å². The molecule has 0 fully saturated rings. The standard InChI is InChI=1S/C11H12F3NO3/c1-3-18-9(16)5-7-4-8(17-2)10(15-6-7)11(12,13)14/h4,6H,3,5H2,1-2H3. The summed E-state index contributed by atoms with van der Waals surface area (Å²) in [5, 5.41) is 0. The quantitative estimate of drug-likeness (QED) is 0.781. The molecule has 0 atom stereocenters. The predicted octanol–water partition coefficient (Wildman–Crippen LogP) is 2.21. The molecule has 0 aliphatic heterocycles. The van der Waals surface area contributed by atoms with Gasteiger partial charge in [0.05, 0.1) is 20.1 Å². The fourth-order valence-electron chi connectivity index (χ4n) is 1.33. The van der Waals surface area contributed by atoms with E-state index >= 15 is 0 Å². The second-order valence-corrected chi connectivity index (χ2v) is 3.37. The topological polar surface area (TPSA) is 48.4 Å². The molecule has 0 bridgehead atoms. The van der Waals surface area contributed by atoms with Crippen molar-refractivity contribution in [1.82, 2.24) is 4.98 Å². The number of aromatic nitrogens is 1. The number of carbonyl (C=O) groups is 1. The molecular formula is C11H12F3NO3. The Morgan fingerprint density at radius 3 is 2.61 bits per heavy atom. The van der Waals surface area contributed by atoms with Crippen molar-refractivity contribution in [2.75, 3.05) is 13.7 Å². The Morgan fingerprint density at radius 2 is 2.11 bits per heavy atom. The molecule has 100 valence electrons. The molecule has 0 spiro atoms. The first kappa shape index (κ1) is 14.3. The third-order valence-electron chi connectivity index (χ3n) is 2.05. The summed E-state index contributed by atoms with van der Waals surface area (Å²) in [4.78, 5) is 14.5. The molecule has 1 heterocycles. The molecule has 0 aromatic carbocycles. The molecule has 0 unspecified atom stereocenters. The second-order valence-electron chi connectivity index (χ2n) is 3.37. The van der Waals surface area contributed by atoms with Crippen molar-refractivity contribution in [3.8, 4) is 5.75 Å². The van der Waals surface area contributed by atoms with Crippen LogP contribution in [0.3, 0.4) is 0 Å². The molecule has 0 amide bonds. The van der Waals surface area contributed by atoms with Crippen molar-refractivity contribution < 1.29 is 27.4 Å². The van der Waals surface area contributed by atoms with Crippen LogP contribution in [0.2, 0.25) is 0 Å². The summed E-state index contributed by atoms with van der Waals surface area (Å²) in [5.41, 5.74) is -0.809. The number of esters is 1. The van der Waals surface area contributed by atoms with Crippen molar-refractivity contribution in [2.45, 2.75) is 19.5 Å². The summed E-state index contributed by atoms with van der Waals surface area (Å²) in [6, 6.07) is 1.13. The van der Waals surface area contributed by atoms with Gasteiger partial charge >= 0.3 is 12.1 Å². The van der Waals surface area contributed by atoms with E-state index in [9.17, 15) is 18.0 Å². The number of hydrogen-bond acceptors (Lipinski definition) is 4. The van der Waals surface area contributed by atoms with Crippen LogP contribution in [0.5, 0.6) is 5.75 Å². The minimum atomic E-state index is -4.59. The maximum Gasteiger partial charge on any atom is 0.437 e. The molecule has 7 heteroatoms. The molecular weight excluding hydrogens is 251 g/mol. The van der Waals surface area contributed by atoms with Gasteiger partial charge in [-0.3, -0.25) is 4.79 Å². The van der Waals surface area contributed by atoms with E-state index in [0.717, 1.165) is 19.4 Å². The molecule has 0 aliphatic rings. The van der Waals surface area contributed by atoms with Gasteiger partial charge in [-0.15, -0.1) is 0 Å². The van der Waals surface area contributed by atoms with Gasteiger partial charge < -0.3 is 9.47 Å². The number of ether oxygens (including phenoxy) is 2. The van der Waals surface area contributed by atoms with Gasteiger partial charge in [0, 0.05) is 6.20 Å². The molecule has 0 aliphatic carbocycles. The smallest absolute Gasteiger partial charge is 0.437 e. The zero-order valence-corrected chi connectivity index (χ0v) is 9.87. The minimum absolute atomic E-state index is 0.144. The van der Waals surface area contributed by atoms with Gasteiger partial charge in [0.2, 0.25) is 0 Å². The Balaban J connectivity index is 2.96. The maximum absolute atomic E-state index is 12.5.